The van der Waals surface area contributed by atoms with Gasteiger partial charge >= 0.3 is 6.09 Å². The number of carbonyl (C=O) groups excluding carboxylic acids is 1. The van der Waals surface area contributed by atoms with Gasteiger partial charge < -0.3 is 9.72 Å². The van der Waals surface area contributed by atoms with Crippen molar-refractivity contribution in [2.45, 2.75) is 6.61 Å². The number of fused-ring (bicyclic) bond motifs is 2. The van der Waals surface area contributed by atoms with Gasteiger partial charge in [0.25, 0.3) is 5.56 Å². The molecular weight excluding hydrogens is 432 g/mol. The van der Waals surface area contributed by atoms with E-state index in [2.05, 4.69) is 25.5 Å². The second-order valence-corrected chi connectivity index (χ2v) is 7.22. The molecule has 164 valence electrons. The highest BCUT2D eigenvalue weighted by Crippen LogP contribution is 2.28. The lowest BCUT2D eigenvalue weighted by atomic mass is 10.0. The molecule has 0 spiro atoms. The first kappa shape index (κ1) is 20.3. The van der Waals surface area contributed by atoms with Crippen molar-refractivity contribution in [2.24, 2.45) is 0 Å². The Kier molecular flexibility index (Phi) is 5.02. The van der Waals surface area contributed by atoms with Crippen molar-refractivity contribution in [3.8, 4) is 11.3 Å². The van der Waals surface area contributed by atoms with Crippen LogP contribution in [0.25, 0.3) is 33.1 Å². The quantitative estimate of drug-likeness (QED) is 0.376. The van der Waals surface area contributed by atoms with Gasteiger partial charge in [0.2, 0.25) is 5.95 Å². The number of halogens is 2. The number of imidazole rings is 1. The number of aromatic nitrogens is 4. The summed E-state index contributed by atoms with van der Waals surface area (Å²) in [4.78, 5) is 31.3. The van der Waals surface area contributed by atoms with Crippen molar-refractivity contribution in [1.29, 1.82) is 0 Å². The molecule has 3 N–H and O–H groups in total. The van der Waals surface area contributed by atoms with Gasteiger partial charge in [-0.25, -0.2) is 23.7 Å². The van der Waals surface area contributed by atoms with Crippen LogP contribution < -0.4 is 10.9 Å². The predicted octanol–water partition coefficient (Wildman–Crippen LogP) is 4.49. The number of H-pyrrole nitrogens is 2. The second-order valence-electron chi connectivity index (χ2n) is 7.22. The first-order valence-electron chi connectivity index (χ1n) is 9.83. The Hall–Kier alpha value is -4.60. The maximum atomic E-state index is 13.8. The van der Waals surface area contributed by atoms with Crippen molar-refractivity contribution in [2.75, 3.05) is 5.32 Å². The van der Waals surface area contributed by atoms with Gasteiger partial charge in [-0.1, -0.05) is 36.4 Å². The summed E-state index contributed by atoms with van der Waals surface area (Å²) in [7, 11) is 0. The number of ether oxygens (including phenoxy) is 1. The second kappa shape index (κ2) is 8.15. The topological polar surface area (TPSA) is 113 Å². The summed E-state index contributed by atoms with van der Waals surface area (Å²) in [5.74, 6) is -2.03. The molecule has 10 heteroatoms. The van der Waals surface area contributed by atoms with Crippen LogP contribution >= 0.6 is 0 Å². The van der Waals surface area contributed by atoms with Crippen LogP contribution in [0.15, 0.2) is 65.5 Å². The number of benzene rings is 3. The maximum Gasteiger partial charge on any atom is 0.414 e. The summed E-state index contributed by atoms with van der Waals surface area (Å²) in [6.45, 7) is 0.110. The first-order valence-corrected chi connectivity index (χ1v) is 9.83. The van der Waals surface area contributed by atoms with E-state index in [-0.39, 0.29) is 29.0 Å². The summed E-state index contributed by atoms with van der Waals surface area (Å²) in [6.07, 6.45) is -0.677. The molecule has 0 aliphatic rings. The molecule has 2 aromatic heterocycles. The van der Waals surface area contributed by atoms with Gasteiger partial charge in [-0.2, -0.15) is 5.10 Å². The lowest BCUT2D eigenvalue weighted by Gasteiger charge is -2.06. The number of amides is 1. The van der Waals surface area contributed by atoms with Crippen molar-refractivity contribution in [1.82, 2.24) is 20.2 Å². The van der Waals surface area contributed by atoms with E-state index in [1.165, 1.54) is 0 Å². The van der Waals surface area contributed by atoms with E-state index in [1.807, 2.05) is 30.3 Å². The van der Waals surface area contributed by atoms with Gasteiger partial charge in [0.05, 0.1) is 22.1 Å². The molecular formula is C23H15F2N5O3. The Morgan fingerprint density at radius 1 is 1.00 bits per heavy atom. The Labute approximate surface area is 184 Å². The van der Waals surface area contributed by atoms with Crippen molar-refractivity contribution in [3.05, 3.63) is 88.2 Å². The summed E-state index contributed by atoms with van der Waals surface area (Å²) in [5, 5.41) is 8.99. The largest absolute Gasteiger partial charge is 0.444 e. The molecule has 5 aromatic rings. The highest BCUT2D eigenvalue weighted by Gasteiger charge is 2.15. The summed E-state index contributed by atoms with van der Waals surface area (Å²) in [6, 6.07) is 16.0. The molecule has 0 saturated carbocycles. The Balaban J connectivity index is 1.42. The Morgan fingerprint density at radius 2 is 1.76 bits per heavy atom. The van der Waals surface area contributed by atoms with E-state index >= 15 is 0 Å². The number of aromatic amines is 2. The smallest absolute Gasteiger partial charge is 0.414 e. The van der Waals surface area contributed by atoms with Crippen LogP contribution in [-0.2, 0) is 11.3 Å². The van der Waals surface area contributed by atoms with Crippen LogP contribution in [0.5, 0.6) is 0 Å². The van der Waals surface area contributed by atoms with Crippen molar-refractivity contribution < 1.29 is 18.3 Å². The molecule has 3 aromatic carbocycles. The molecule has 5 rings (SSSR count). The average Bonchev–Trinajstić information content (AvgIpc) is 3.21. The van der Waals surface area contributed by atoms with Crippen LogP contribution in [0.1, 0.15) is 5.56 Å². The van der Waals surface area contributed by atoms with E-state index in [1.54, 1.807) is 18.2 Å². The number of anilines is 1. The number of hydrogen-bond donors (Lipinski definition) is 3. The highest BCUT2D eigenvalue weighted by molar-refractivity contribution is 5.96. The molecule has 33 heavy (non-hydrogen) atoms. The Bertz CT molecular complexity index is 1560. The third kappa shape index (κ3) is 4.01. The van der Waals surface area contributed by atoms with Gasteiger partial charge in [-0.05, 0) is 29.8 Å². The van der Waals surface area contributed by atoms with E-state index in [0.717, 1.165) is 17.7 Å². The molecule has 0 atom stereocenters. The molecule has 0 aliphatic heterocycles. The highest BCUT2D eigenvalue weighted by atomic mass is 19.2. The number of nitrogens with zero attached hydrogens (tertiary/aromatic N) is 2. The molecule has 2 heterocycles. The van der Waals surface area contributed by atoms with Crippen molar-refractivity contribution in [3.63, 3.8) is 0 Å². The Morgan fingerprint density at radius 3 is 2.55 bits per heavy atom. The molecule has 0 radical (unpaired) electrons. The third-order valence-electron chi connectivity index (χ3n) is 5.02. The predicted molar refractivity (Wildman–Crippen MR) is 118 cm³/mol. The van der Waals surface area contributed by atoms with Gasteiger partial charge in [-0.3, -0.25) is 10.1 Å². The third-order valence-corrected chi connectivity index (χ3v) is 5.02. The van der Waals surface area contributed by atoms with E-state index in [0.29, 0.717) is 16.6 Å². The monoisotopic (exact) mass is 447 g/mol. The number of hydrogen-bond acceptors (Lipinski definition) is 5. The maximum absolute atomic E-state index is 13.8. The normalized spacial score (nSPS) is 11.1. The van der Waals surface area contributed by atoms with E-state index in [4.69, 9.17) is 4.74 Å². The van der Waals surface area contributed by atoms with E-state index < -0.39 is 23.3 Å². The fourth-order valence-electron chi connectivity index (χ4n) is 3.45. The molecule has 0 unspecified atom stereocenters. The SMILES string of the molecule is O=C(Nc1nc2ccc(-c3n[nH]c(=O)c4cc(F)c(F)cc34)cc2[nH]1)OCc1ccccc1. The van der Waals surface area contributed by atoms with Crippen LogP contribution in [0.3, 0.4) is 0 Å². The van der Waals surface area contributed by atoms with Crippen LogP contribution in [0.2, 0.25) is 0 Å². The van der Waals surface area contributed by atoms with Gasteiger partial charge in [0, 0.05) is 10.9 Å². The molecule has 0 aliphatic carbocycles. The lowest BCUT2D eigenvalue weighted by molar-refractivity contribution is 0.155. The van der Waals surface area contributed by atoms with Crippen LogP contribution in [0.4, 0.5) is 19.5 Å². The summed E-state index contributed by atoms with van der Waals surface area (Å²) < 4.78 is 32.6. The zero-order valence-electron chi connectivity index (χ0n) is 16.9. The standard InChI is InChI=1S/C23H15F2N5O3/c24-16-9-14-15(10-17(16)25)21(31)30-29-20(14)13-6-7-18-19(8-13)27-22(26-18)28-23(32)33-11-12-4-2-1-3-5-12/h1-10H,11H2,(H,30,31)(H2,26,27,28,32). The minimum absolute atomic E-state index is 0.0212. The molecule has 0 bridgehead atoms. The van der Waals surface area contributed by atoms with Gasteiger partial charge in [0.15, 0.2) is 11.6 Å². The van der Waals surface area contributed by atoms with Gasteiger partial charge in [0.1, 0.15) is 6.61 Å². The molecule has 1 amide bonds. The molecule has 0 saturated heterocycles. The lowest BCUT2D eigenvalue weighted by Crippen LogP contribution is -2.14. The fourth-order valence-corrected chi connectivity index (χ4v) is 3.45. The zero-order valence-corrected chi connectivity index (χ0v) is 16.9. The van der Waals surface area contributed by atoms with Crippen LogP contribution in [0, 0.1) is 11.6 Å². The average molecular weight is 447 g/mol. The fraction of sp³-hybridized carbons (Fsp3) is 0.0435. The number of carbonyl (C=O) groups is 1. The minimum Gasteiger partial charge on any atom is -0.444 e. The summed E-state index contributed by atoms with van der Waals surface area (Å²) >= 11 is 0. The van der Waals surface area contributed by atoms with Gasteiger partial charge in [-0.15, -0.1) is 0 Å². The van der Waals surface area contributed by atoms with Crippen molar-refractivity contribution >= 4 is 33.8 Å². The zero-order chi connectivity index (χ0) is 22.9. The number of nitrogens with one attached hydrogen (secondary N) is 3. The van der Waals surface area contributed by atoms with E-state index in [9.17, 15) is 18.4 Å². The molecule has 0 fully saturated rings. The minimum atomic E-state index is -1.12. The number of rotatable bonds is 4. The van der Waals surface area contributed by atoms with Crippen LogP contribution in [-0.4, -0.2) is 26.3 Å². The first-order chi connectivity index (χ1) is 16.0. The summed E-state index contributed by atoms with van der Waals surface area (Å²) in [5.41, 5.74) is 2.10. The molecule has 8 nitrogen and oxygen atoms in total.